The first kappa shape index (κ1) is 15.9. The first-order valence-electron chi connectivity index (χ1n) is 6.18. The van der Waals surface area contributed by atoms with E-state index in [0.29, 0.717) is 5.69 Å². The summed E-state index contributed by atoms with van der Waals surface area (Å²) in [5, 5.41) is 20.9. The van der Waals surface area contributed by atoms with Crippen molar-refractivity contribution in [2.45, 2.75) is 39.0 Å². The molecule has 2 heterocycles. The van der Waals surface area contributed by atoms with Crippen LogP contribution in [0.1, 0.15) is 25.0 Å². The summed E-state index contributed by atoms with van der Waals surface area (Å²) in [6.07, 6.45) is 4.25. The van der Waals surface area contributed by atoms with Gasteiger partial charge in [-0.05, 0) is 24.7 Å². The molecule has 1 N–H and O–H groups in total. The van der Waals surface area contributed by atoms with Crippen LogP contribution < -0.4 is 0 Å². The van der Waals surface area contributed by atoms with Gasteiger partial charge in [-0.25, -0.2) is 4.57 Å². The van der Waals surface area contributed by atoms with Gasteiger partial charge in [0, 0.05) is 13.1 Å². The fraction of sp³-hybridized carbons (Fsp3) is 0.727. The molecule has 1 aromatic rings. The van der Waals surface area contributed by atoms with Crippen LogP contribution in [0.4, 0.5) is 5.95 Å². The van der Waals surface area contributed by atoms with Crippen molar-refractivity contribution in [3.63, 3.8) is 0 Å². The maximum atomic E-state index is 10.8. The maximum Gasteiger partial charge on any atom is 0.434 e. The molecule has 108 valence electrons. The molecule has 1 aliphatic rings. The Kier molecular flexibility index (Phi) is 5.71. The lowest BCUT2D eigenvalue weighted by Gasteiger charge is -2.30. The smallest absolute Gasteiger partial charge is 0.390 e. The molecule has 0 bridgehead atoms. The number of piperidine rings is 1. The summed E-state index contributed by atoms with van der Waals surface area (Å²) in [6, 6.07) is 0. The van der Waals surface area contributed by atoms with Crippen LogP contribution in [0.2, 0.25) is 0 Å². The molecular formula is C11H19ClN4O3. The van der Waals surface area contributed by atoms with Gasteiger partial charge in [-0.1, -0.05) is 11.4 Å². The van der Waals surface area contributed by atoms with E-state index in [2.05, 4.69) is 4.98 Å². The fourth-order valence-electron chi connectivity index (χ4n) is 2.32. The molecule has 1 saturated heterocycles. The molecule has 1 unspecified atom stereocenters. The van der Waals surface area contributed by atoms with E-state index in [4.69, 9.17) is 0 Å². The lowest BCUT2D eigenvalue weighted by atomic mass is 10.1. The summed E-state index contributed by atoms with van der Waals surface area (Å²) in [6.45, 7) is 3.60. The van der Waals surface area contributed by atoms with Crippen LogP contribution in [0.3, 0.4) is 0 Å². The number of nitrogens with zero attached hydrogens (tertiary/aromatic N) is 4. The number of nitro groups is 1. The minimum Gasteiger partial charge on any atom is -0.390 e. The second-order valence-corrected chi connectivity index (χ2v) is 4.67. The highest BCUT2D eigenvalue weighted by atomic mass is 35.5. The lowest BCUT2D eigenvalue weighted by Crippen LogP contribution is -2.41. The number of hydrogen-bond donors (Lipinski definition) is 1. The van der Waals surface area contributed by atoms with Gasteiger partial charge in [-0.3, -0.25) is 4.90 Å². The third kappa shape index (κ3) is 3.89. The van der Waals surface area contributed by atoms with E-state index < -0.39 is 11.2 Å². The average molecular weight is 291 g/mol. The van der Waals surface area contributed by atoms with E-state index in [0.717, 1.165) is 25.9 Å². The summed E-state index contributed by atoms with van der Waals surface area (Å²) in [5.74, 6) is -0.205. The zero-order valence-electron chi connectivity index (χ0n) is 10.9. The van der Waals surface area contributed by atoms with Crippen LogP contribution in [0, 0.1) is 17.0 Å². The van der Waals surface area contributed by atoms with Crippen molar-refractivity contribution in [1.82, 2.24) is 14.5 Å². The van der Waals surface area contributed by atoms with Crippen molar-refractivity contribution in [2.24, 2.45) is 0 Å². The first-order valence-corrected chi connectivity index (χ1v) is 6.18. The number of likely N-dealkylation sites (tertiary alicyclic amines) is 1. The molecule has 0 radical (unpaired) electrons. The van der Waals surface area contributed by atoms with Gasteiger partial charge in [-0.15, -0.1) is 12.4 Å². The normalized spacial score (nSPS) is 17.8. The Morgan fingerprint density at radius 3 is 2.68 bits per heavy atom. The summed E-state index contributed by atoms with van der Waals surface area (Å²) in [5.41, 5.74) is 0.590. The van der Waals surface area contributed by atoms with Crippen molar-refractivity contribution >= 4 is 18.4 Å². The molecule has 1 aliphatic heterocycles. The Balaban J connectivity index is 0.00000180. The van der Waals surface area contributed by atoms with Crippen LogP contribution in [-0.2, 0) is 6.54 Å². The molecule has 0 aliphatic carbocycles. The monoisotopic (exact) mass is 290 g/mol. The Labute approximate surface area is 117 Å². The molecule has 1 aromatic heterocycles. The van der Waals surface area contributed by atoms with Gasteiger partial charge < -0.3 is 15.2 Å². The zero-order chi connectivity index (χ0) is 13.1. The van der Waals surface area contributed by atoms with E-state index >= 15 is 0 Å². The Hall–Kier alpha value is -1.18. The molecule has 8 heteroatoms. The number of rotatable bonds is 4. The number of aromatic nitrogens is 2. The molecular weight excluding hydrogens is 272 g/mol. The minimum atomic E-state index is -0.683. The van der Waals surface area contributed by atoms with Gasteiger partial charge in [-0.2, -0.15) is 0 Å². The Morgan fingerprint density at radius 2 is 2.11 bits per heavy atom. The minimum absolute atomic E-state index is 0. The summed E-state index contributed by atoms with van der Waals surface area (Å²) in [4.78, 5) is 16.1. The van der Waals surface area contributed by atoms with E-state index in [1.807, 2.05) is 4.90 Å². The Morgan fingerprint density at radius 1 is 1.47 bits per heavy atom. The SMILES string of the molecule is Cc1cn(CC(O)N2CCCCC2)c([N+](=O)[O-])n1.Cl. The van der Waals surface area contributed by atoms with Gasteiger partial charge >= 0.3 is 5.95 Å². The number of aryl methyl sites for hydroxylation is 1. The zero-order valence-corrected chi connectivity index (χ0v) is 11.7. The van der Waals surface area contributed by atoms with E-state index in [9.17, 15) is 15.2 Å². The molecule has 0 saturated carbocycles. The fourth-order valence-corrected chi connectivity index (χ4v) is 2.32. The van der Waals surface area contributed by atoms with Crippen molar-refractivity contribution in [1.29, 1.82) is 0 Å². The van der Waals surface area contributed by atoms with E-state index in [1.165, 1.54) is 11.0 Å². The van der Waals surface area contributed by atoms with Crippen molar-refractivity contribution in [3.8, 4) is 0 Å². The quantitative estimate of drug-likeness (QED) is 0.668. The van der Waals surface area contributed by atoms with E-state index in [-0.39, 0.29) is 24.9 Å². The number of aliphatic hydroxyl groups excluding tert-OH is 1. The molecule has 7 nitrogen and oxygen atoms in total. The number of halogens is 1. The molecule has 2 rings (SSSR count). The van der Waals surface area contributed by atoms with Crippen LogP contribution in [0.25, 0.3) is 0 Å². The third-order valence-corrected chi connectivity index (χ3v) is 3.21. The number of hydrogen-bond acceptors (Lipinski definition) is 5. The highest BCUT2D eigenvalue weighted by Crippen LogP contribution is 2.16. The highest BCUT2D eigenvalue weighted by molar-refractivity contribution is 5.85. The average Bonchev–Trinajstić information content (AvgIpc) is 2.71. The molecule has 19 heavy (non-hydrogen) atoms. The van der Waals surface area contributed by atoms with Crippen LogP contribution in [-0.4, -0.2) is 43.8 Å². The molecule has 0 amide bonds. The highest BCUT2D eigenvalue weighted by Gasteiger charge is 2.24. The second-order valence-electron chi connectivity index (χ2n) is 4.67. The van der Waals surface area contributed by atoms with Gasteiger partial charge in [0.2, 0.25) is 0 Å². The van der Waals surface area contributed by atoms with Crippen molar-refractivity contribution < 1.29 is 10.0 Å². The van der Waals surface area contributed by atoms with E-state index in [1.54, 1.807) is 13.1 Å². The second kappa shape index (κ2) is 6.83. The maximum absolute atomic E-state index is 10.8. The summed E-state index contributed by atoms with van der Waals surface area (Å²) in [7, 11) is 0. The predicted molar refractivity (Wildman–Crippen MR) is 72.3 cm³/mol. The molecule has 1 fully saturated rings. The Bertz CT molecular complexity index is 432. The van der Waals surface area contributed by atoms with Gasteiger partial charge in [0.1, 0.15) is 24.7 Å². The predicted octanol–water partition coefficient (Wildman–Crippen LogP) is 1.33. The number of imidazole rings is 1. The molecule has 0 aromatic carbocycles. The standard InChI is InChI=1S/C11H18N4O3.ClH/c1-9-7-14(11(12-9)15(17)18)8-10(16)13-5-3-2-4-6-13;/h7,10,16H,2-6,8H2,1H3;1H. The first-order chi connectivity index (χ1) is 8.58. The van der Waals surface area contributed by atoms with Crippen molar-refractivity contribution in [2.75, 3.05) is 13.1 Å². The van der Waals surface area contributed by atoms with Crippen molar-refractivity contribution in [3.05, 3.63) is 22.0 Å². The van der Waals surface area contributed by atoms with Crippen LogP contribution in [0.5, 0.6) is 0 Å². The third-order valence-electron chi connectivity index (χ3n) is 3.21. The molecule has 0 spiro atoms. The number of aliphatic hydroxyl groups is 1. The lowest BCUT2D eigenvalue weighted by molar-refractivity contribution is -0.397. The summed E-state index contributed by atoms with van der Waals surface area (Å²) < 4.78 is 1.41. The van der Waals surface area contributed by atoms with Gasteiger partial charge in [0.25, 0.3) is 0 Å². The largest absolute Gasteiger partial charge is 0.434 e. The molecule has 1 atom stereocenters. The van der Waals surface area contributed by atoms with Gasteiger partial charge in [0.05, 0.1) is 0 Å². The van der Waals surface area contributed by atoms with Crippen LogP contribution >= 0.6 is 12.4 Å². The summed E-state index contributed by atoms with van der Waals surface area (Å²) >= 11 is 0. The van der Waals surface area contributed by atoms with Gasteiger partial charge in [0.15, 0.2) is 0 Å². The topological polar surface area (TPSA) is 84.4 Å². The van der Waals surface area contributed by atoms with Crippen LogP contribution in [0.15, 0.2) is 6.20 Å².